The topological polar surface area (TPSA) is 17.1 Å². The van der Waals surface area contributed by atoms with Crippen molar-refractivity contribution in [2.75, 3.05) is 0 Å². The molecule has 0 N–H and O–H groups in total. The zero-order chi connectivity index (χ0) is 12.5. The lowest BCUT2D eigenvalue weighted by atomic mass is 10.0. The zero-order valence-corrected chi connectivity index (χ0v) is 10.3. The van der Waals surface area contributed by atoms with Crippen molar-refractivity contribution in [1.29, 1.82) is 0 Å². The van der Waals surface area contributed by atoms with E-state index >= 15 is 0 Å². The van der Waals surface area contributed by atoms with Gasteiger partial charge in [-0.3, -0.25) is 0 Å². The van der Waals surface area contributed by atoms with Gasteiger partial charge >= 0.3 is 0 Å². The third-order valence-electron chi connectivity index (χ3n) is 2.42. The fourth-order valence-electron chi connectivity index (χ4n) is 1.60. The van der Waals surface area contributed by atoms with Gasteiger partial charge in [0.2, 0.25) is 0 Å². The Morgan fingerprint density at radius 2 is 1.35 bits per heavy atom. The van der Waals surface area contributed by atoms with Gasteiger partial charge in [-0.15, -0.1) is 11.6 Å². The Morgan fingerprint density at radius 3 is 1.88 bits per heavy atom. The van der Waals surface area contributed by atoms with E-state index in [9.17, 15) is 0 Å². The molecule has 2 aromatic carbocycles. The fourth-order valence-corrected chi connectivity index (χ4v) is 1.92. The molecule has 0 aromatic heterocycles. The van der Waals surface area contributed by atoms with Gasteiger partial charge in [-0.05, 0) is 17.5 Å². The predicted molar refractivity (Wildman–Crippen MR) is 72.3 cm³/mol. The van der Waals surface area contributed by atoms with E-state index in [1.54, 1.807) is 0 Å². The van der Waals surface area contributed by atoms with Crippen molar-refractivity contribution < 1.29 is 4.79 Å². The van der Waals surface area contributed by atoms with Crippen molar-refractivity contribution in [3.05, 3.63) is 71.8 Å². The minimum Gasteiger partial charge on any atom is -0.307 e. The Morgan fingerprint density at radius 1 is 0.882 bits per heavy atom. The molecule has 0 bridgehead atoms. The summed E-state index contributed by atoms with van der Waals surface area (Å²) in [7, 11) is 0. The summed E-state index contributed by atoms with van der Waals surface area (Å²) in [5, 5.41) is 0.0635. The van der Waals surface area contributed by atoms with Gasteiger partial charge in [0.25, 0.3) is 0 Å². The Bertz CT molecular complexity index is 413. The van der Waals surface area contributed by atoms with Gasteiger partial charge in [-0.1, -0.05) is 60.7 Å². The molecule has 0 radical (unpaired) electrons. The van der Waals surface area contributed by atoms with Crippen LogP contribution >= 0.6 is 11.6 Å². The highest BCUT2D eigenvalue weighted by atomic mass is 35.5. The van der Waals surface area contributed by atoms with Crippen LogP contribution in [-0.2, 0) is 11.2 Å². The highest BCUT2D eigenvalue weighted by Gasteiger charge is 2.07. The molecule has 0 amide bonds. The highest BCUT2D eigenvalue weighted by molar-refractivity contribution is 6.20. The van der Waals surface area contributed by atoms with Crippen molar-refractivity contribution >= 4 is 18.4 Å². The minimum atomic E-state index is 0.0635. The molecule has 0 spiro atoms. The number of benzene rings is 2. The van der Waals surface area contributed by atoms with E-state index < -0.39 is 0 Å². The van der Waals surface area contributed by atoms with Crippen LogP contribution in [0.2, 0.25) is 0 Å². The maximum atomic E-state index is 8.00. The van der Waals surface area contributed by atoms with E-state index in [0.29, 0.717) is 0 Å². The van der Waals surface area contributed by atoms with Crippen molar-refractivity contribution in [3.8, 4) is 0 Å². The first kappa shape index (κ1) is 13.5. The lowest BCUT2D eigenvalue weighted by Crippen LogP contribution is -1.94. The second-order valence-electron chi connectivity index (χ2n) is 3.57. The van der Waals surface area contributed by atoms with Crippen LogP contribution in [0, 0.1) is 0 Å². The SMILES string of the molecule is C=O.ClC(Cc1ccccc1)c1ccccc1. The molecular weight excluding hydrogens is 232 g/mol. The van der Waals surface area contributed by atoms with Crippen LogP contribution in [0.1, 0.15) is 16.5 Å². The molecule has 2 rings (SSSR count). The minimum absolute atomic E-state index is 0.0635. The lowest BCUT2D eigenvalue weighted by molar-refractivity contribution is -0.0979. The van der Waals surface area contributed by atoms with E-state index in [1.807, 2.05) is 43.2 Å². The van der Waals surface area contributed by atoms with Gasteiger partial charge < -0.3 is 4.79 Å². The first-order chi connectivity index (χ1) is 8.36. The van der Waals surface area contributed by atoms with Gasteiger partial charge in [0, 0.05) is 0 Å². The van der Waals surface area contributed by atoms with Crippen molar-refractivity contribution in [3.63, 3.8) is 0 Å². The molecule has 17 heavy (non-hydrogen) atoms. The summed E-state index contributed by atoms with van der Waals surface area (Å²) in [5.74, 6) is 0. The molecule has 1 nitrogen and oxygen atoms in total. The monoisotopic (exact) mass is 246 g/mol. The summed E-state index contributed by atoms with van der Waals surface area (Å²) < 4.78 is 0. The second-order valence-corrected chi connectivity index (χ2v) is 4.09. The van der Waals surface area contributed by atoms with E-state index in [1.165, 1.54) is 11.1 Å². The van der Waals surface area contributed by atoms with Gasteiger partial charge in [-0.25, -0.2) is 0 Å². The third kappa shape index (κ3) is 4.41. The summed E-state index contributed by atoms with van der Waals surface area (Å²) >= 11 is 6.34. The van der Waals surface area contributed by atoms with Crippen LogP contribution in [0.15, 0.2) is 60.7 Å². The number of alkyl halides is 1. The number of rotatable bonds is 3. The van der Waals surface area contributed by atoms with Crippen molar-refractivity contribution in [1.82, 2.24) is 0 Å². The molecule has 0 saturated carbocycles. The Balaban J connectivity index is 0.000000686. The third-order valence-corrected chi connectivity index (χ3v) is 2.83. The number of hydrogen-bond acceptors (Lipinski definition) is 1. The van der Waals surface area contributed by atoms with E-state index in [4.69, 9.17) is 16.4 Å². The van der Waals surface area contributed by atoms with Crippen LogP contribution in [0.5, 0.6) is 0 Å². The Kier molecular flexibility index (Phi) is 6.05. The molecule has 88 valence electrons. The molecule has 0 aliphatic rings. The number of halogens is 1. The smallest absolute Gasteiger partial charge is 0.106 e. The molecule has 1 unspecified atom stereocenters. The van der Waals surface area contributed by atoms with Crippen LogP contribution in [0.25, 0.3) is 0 Å². The highest BCUT2D eigenvalue weighted by Crippen LogP contribution is 2.24. The van der Waals surface area contributed by atoms with Gasteiger partial charge in [0.05, 0.1) is 5.38 Å². The standard InChI is InChI=1S/C14H13Cl.CH2O/c15-14(13-9-5-2-6-10-13)11-12-7-3-1-4-8-12;1-2/h1-10,14H,11H2;1H2. The summed E-state index contributed by atoms with van der Waals surface area (Å²) in [6.07, 6.45) is 0.881. The molecule has 0 saturated heterocycles. The number of hydrogen-bond donors (Lipinski definition) is 0. The quantitative estimate of drug-likeness (QED) is 0.748. The maximum absolute atomic E-state index is 8.00. The van der Waals surface area contributed by atoms with Crippen molar-refractivity contribution in [2.24, 2.45) is 0 Å². The molecule has 0 aliphatic heterocycles. The van der Waals surface area contributed by atoms with Crippen LogP contribution in [0.4, 0.5) is 0 Å². The number of carbonyl (C=O) groups is 1. The Labute approximate surface area is 107 Å². The van der Waals surface area contributed by atoms with Crippen molar-refractivity contribution in [2.45, 2.75) is 11.8 Å². The molecule has 0 fully saturated rings. The first-order valence-corrected chi connectivity index (χ1v) is 5.82. The summed E-state index contributed by atoms with van der Waals surface area (Å²) in [5.41, 5.74) is 2.46. The average molecular weight is 247 g/mol. The van der Waals surface area contributed by atoms with Gasteiger partial charge in [-0.2, -0.15) is 0 Å². The first-order valence-electron chi connectivity index (χ1n) is 5.38. The second kappa shape index (κ2) is 7.64. The molecule has 0 heterocycles. The molecule has 2 heteroatoms. The molecule has 0 aliphatic carbocycles. The summed E-state index contributed by atoms with van der Waals surface area (Å²) in [4.78, 5) is 8.00. The largest absolute Gasteiger partial charge is 0.307 e. The van der Waals surface area contributed by atoms with E-state index in [2.05, 4.69) is 24.3 Å². The molecule has 2 aromatic rings. The maximum Gasteiger partial charge on any atom is 0.106 e. The zero-order valence-electron chi connectivity index (χ0n) is 9.55. The Hall–Kier alpha value is -1.60. The fraction of sp³-hybridized carbons (Fsp3) is 0.133. The normalized spacial score (nSPS) is 11.1. The van der Waals surface area contributed by atoms with E-state index in [0.717, 1.165) is 6.42 Å². The van der Waals surface area contributed by atoms with Gasteiger partial charge in [0.1, 0.15) is 6.79 Å². The van der Waals surface area contributed by atoms with E-state index in [-0.39, 0.29) is 5.38 Å². The number of carbonyl (C=O) groups excluding carboxylic acids is 1. The summed E-state index contributed by atoms with van der Waals surface area (Å²) in [6, 6.07) is 20.5. The van der Waals surface area contributed by atoms with Gasteiger partial charge in [0.15, 0.2) is 0 Å². The molecule has 1 atom stereocenters. The van der Waals surface area contributed by atoms with Crippen LogP contribution in [0.3, 0.4) is 0 Å². The molecular formula is C15H15ClO. The van der Waals surface area contributed by atoms with Crippen LogP contribution < -0.4 is 0 Å². The van der Waals surface area contributed by atoms with Crippen LogP contribution in [-0.4, -0.2) is 6.79 Å². The lowest BCUT2D eigenvalue weighted by Gasteiger charge is -2.09. The summed E-state index contributed by atoms with van der Waals surface area (Å²) in [6.45, 7) is 2.00. The predicted octanol–water partition coefficient (Wildman–Crippen LogP) is 4.02. The average Bonchev–Trinajstić information content (AvgIpc) is 2.43.